The van der Waals surface area contributed by atoms with Crippen molar-refractivity contribution >= 4 is 19.2 Å². The van der Waals surface area contributed by atoms with Gasteiger partial charge in [-0.25, -0.2) is 0 Å². The van der Waals surface area contributed by atoms with E-state index in [0.29, 0.717) is 0 Å². The molecule has 30 heavy (non-hydrogen) atoms. The van der Waals surface area contributed by atoms with Gasteiger partial charge in [0.1, 0.15) is 0 Å². The van der Waals surface area contributed by atoms with Gasteiger partial charge in [-0.05, 0) is 0 Å². The van der Waals surface area contributed by atoms with E-state index >= 15 is 0 Å². The van der Waals surface area contributed by atoms with E-state index in [9.17, 15) is 9.59 Å². The first kappa shape index (κ1) is 24.8. The van der Waals surface area contributed by atoms with Crippen LogP contribution in [0.3, 0.4) is 0 Å². The van der Waals surface area contributed by atoms with Crippen LogP contribution in [-0.4, -0.2) is 51.3 Å². The van der Waals surface area contributed by atoms with Gasteiger partial charge in [-0.3, -0.25) is 4.79 Å². The summed E-state index contributed by atoms with van der Waals surface area (Å²) in [4.78, 5) is 23.7. The van der Waals surface area contributed by atoms with Crippen LogP contribution >= 0.6 is 7.26 Å². The predicted molar refractivity (Wildman–Crippen MR) is 124 cm³/mol. The van der Waals surface area contributed by atoms with E-state index in [1.165, 1.54) is 57.9 Å². The second-order valence-corrected chi connectivity index (χ2v) is 14.8. The van der Waals surface area contributed by atoms with Crippen LogP contribution in [0.1, 0.15) is 57.1 Å². The molecule has 6 heteroatoms. The predicted octanol–water partition coefficient (Wildman–Crippen LogP) is 4.79. The van der Waals surface area contributed by atoms with Crippen LogP contribution in [0.2, 0.25) is 0 Å². The molecular formula is C24H39O5P. The zero-order valence-corrected chi connectivity index (χ0v) is 20.3. The monoisotopic (exact) mass is 438 g/mol. The first-order chi connectivity index (χ1) is 14.2. The average molecular weight is 439 g/mol. The molecule has 1 aromatic carbocycles. The maximum atomic E-state index is 12.6. The molecule has 170 valence electrons. The molecule has 1 unspecified atom stereocenters. The molecule has 0 bridgehead atoms. The minimum absolute atomic E-state index is 0.0607. The number of rotatable bonds is 10. The second kappa shape index (κ2) is 11.2. The van der Waals surface area contributed by atoms with Crippen molar-refractivity contribution in [1.82, 2.24) is 0 Å². The molecule has 0 radical (unpaired) electrons. The van der Waals surface area contributed by atoms with Gasteiger partial charge < -0.3 is 0 Å². The average Bonchev–Trinajstić information content (AvgIpc) is 2.72. The standard InChI is InChI=1S/C24H39O5P/c1-19(25)29-18-24(2,17-27-3)23(26)28-15-20-11-13-21(14-12-20)16-30(4,5)22-9-7-6-8-10-22/h11-14,22,30H,6-10,15-18H2,1-5H3. The Labute approximate surface area is 182 Å². The van der Waals surface area contributed by atoms with Crippen LogP contribution in [0.15, 0.2) is 24.3 Å². The zero-order chi connectivity index (χ0) is 22.2. The van der Waals surface area contributed by atoms with Gasteiger partial charge in [0.2, 0.25) is 0 Å². The van der Waals surface area contributed by atoms with Gasteiger partial charge in [0.05, 0.1) is 0 Å². The Kier molecular flexibility index (Phi) is 9.31. The molecule has 0 aliphatic heterocycles. The third-order valence-electron chi connectivity index (χ3n) is 6.31. The molecule has 0 spiro atoms. The first-order valence-corrected chi connectivity index (χ1v) is 14.3. The molecule has 1 aliphatic rings. The van der Waals surface area contributed by atoms with E-state index in [1.54, 1.807) is 6.92 Å². The van der Waals surface area contributed by atoms with Crippen molar-refractivity contribution in [3.63, 3.8) is 0 Å². The van der Waals surface area contributed by atoms with Crippen molar-refractivity contribution in [1.29, 1.82) is 0 Å². The summed E-state index contributed by atoms with van der Waals surface area (Å²) in [6, 6.07) is 8.45. The SMILES string of the molecule is COCC(C)(COC(C)=O)C(=O)OCc1ccc(C[PH](C)(C)C2CCCCC2)cc1. The number of carbonyl (C=O) groups excluding carboxylic acids is 2. The van der Waals surface area contributed by atoms with Gasteiger partial charge >= 0.3 is 170 Å². The van der Waals surface area contributed by atoms with Crippen molar-refractivity contribution in [3.05, 3.63) is 35.4 Å². The van der Waals surface area contributed by atoms with Crippen molar-refractivity contribution < 1.29 is 23.8 Å². The summed E-state index contributed by atoms with van der Waals surface area (Å²) < 4.78 is 15.7. The fourth-order valence-corrected chi connectivity index (χ4v) is 7.92. The Morgan fingerprint density at radius 1 is 1.00 bits per heavy atom. The van der Waals surface area contributed by atoms with Crippen LogP contribution in [0.4, 0.5) is 0 Å². The Morgan fingerprint density at radius 2 is 1.60 bits per heavy atom. The summed E-state index contributed by atoms with van der Waals surface area (Å²) in [6.45, 7) is 8.31. The number of benzene rings is 1. The normalized spacial score (nSPS) is 17.8. The number of hydrogen-bond acceptors (Lipinski definition) is 5. The number of carbonyl (C=O) groups is 2. The summed E-state index contributed by atoms with van der Waals surface area (Å²) in [7, 11) is 0.220. The molecule has 1 aromatic rings. The zero-order valence-electron chi connectivity index (χ0n) is 19.3. The van der Waals surface area contributed by atoms with Gasteiger partial charge in [-0.15, -0.1) is 0 Å². The van der Waals surface area contributed by atoms with Crippen LogP contribution in [-0.2, 0) is 36.6 Å². The van der Waals surface area contributed by atoms with Crippen molar-refractivity contribution in [2.24, 2.45) is 5.41 Å². The molecule has 1 aliphatic carbocycles. The van der Waals surface area contributed by atoms with Gasteiger partial charge in [0, 0.05) is 6.92 Å². The Balaban J connectivity index is 1.91. The molecule has 1 saturated carbocycles. The molecule has 5 nitrogen and oxygen atoms in total. The summed E-state index contributed by atoms with van der Waals surface area (Å²) in [5, 5.41) is 0. The van der Waals surface area contributed by atoms with Crippen molar-refractivity contribution in [3.8, 4) is 0 Å². The van der Waals surface area contributed by atoms with Crippen LogP contribution in [0, 0.1) is 5.41 Å². The molecule has 2 rings (SSSR count). The van der Waals surface area contributed by atoms with E-state index in [-0.39, 0.29) is 19.8 Å². The van der Waals surface area contributed by atoms with Crippen LogP contribution in [0.5, 0.6) is 0 Å². The van der Waals surface area contributed by atoms with Gasteiger partial charge in [-0.1, -0.05) is 0 Å². The van der Waals surface area contributed by atoms with Gasteiger partial charge in [-0.2, -0.15) is 0 Å². The topological polar surface area (TPSA) is 61.8 Å². The first-order valence-electron chi connectivity index (χ1n) is 11.0. The van der Waals surface area contributed by atoms with Crippen molar-refractivity contribution in [2.75, 3.05) is 33.7 Å². The third kappa shape index (κ3) is 7.35. The molecular weight excluding hydrogens is 399 g/mol. The number of ether oxygens (including phenoxy) is 3. The van der Waals surface area contributed by atoms with Crippen molar-refractivity contribution in [2.45, 2.75) is 64.4 Å². The summed E-state index contributed by atoms with van der Waals surface area (Å²) in [5.74, 6) is -0.860. The molecule has 1 atom stereocenters. The molecule has 0 heterocycles. The van der Waals surface area contributed by atoms with E-state index in [4.69, 9.17) is 14.2 Å². The fourth-order valence-electron chi connectivity index (χ4n) is 4.37. The van der Waals surface area contributed by atoms with E-state index in [1.807, 2.05) is 12.1 Å². The Hall–Kier alpha value is -1.45. The maximum absolute atomic E-state index is 12.6. The third-order valence-corrected chi connectivity index (χ3v) is 10.4. The molecule has 0 amide bonds. The fraction of sp³-hybridized carbons (Fsp3) is 0.667. The molecule has 0 saturated heterocycles. The quantitative estimate of drug-likeness (QED) is 0.388. The van der Waals surface area contributed by atoms with Gasteiger partial charge in [0.25, 0.3) is 0 Å². The van der Waals surface area contributed by atoms with E-state index in [0.717, 1.165) is 11.2 Å². The van der Waals surface area contributed by atoms with E-state index < -0.39 is 24.6 Å². The number of esters is 2. The van der Waals surface area contributed by atoms with Gasteiger partial charge in [0.15, 0.2) is 0 Å². The van der Waals surface area contributed by atoms with E-state index in [2.05, 4.69) is 25.5 Å². The Bertz CT molecular complexity index is 694. The molecule has 0 N–H and O–H groups in total. The minimum atomic E-state index is -1.29. The summed E-state index contributed by atoms with van der Waals surface area (Å²) in [5.41, 5.74) is 2.25. The number of methoxy groups -OCH3 is 1. The molecule has 1 fully saturated rings. The second-order valence-electron chi connectivity index (χ2n) is 9.67. The van der Waals surface area contributed by atoms with Crippen LogP contribution < -0.4 is 0 Å². The van der Waals surface area contributed by atoms with Crippen LogP contribution in [0.25, 0.3) is 0 Å². The summed E-state index contributed by atoms with van der Waals surface area (Å²) in [6.07, 6.45) is 8.20. The summed E-state index contributed by atoms with van der Waals surface area (Å²) >= 11 is 0. The molecule has 0 aromatic heterocycles. The number of hydrogen-bond donors (Lipinski definition) is 0. The Morgan fingerprint density at radius 3 is 2.17 bits per heavy atom.